The fraction of sp³-hybridized carbons (Fsp3) is 0.190. The molecule has 3 rings (SSSR count). The van der Waals surface area contributed by atoms with Gasteiger partial charge < -0.3 is 19.5 Å². The Morgan fingerprint density at radius 2 is 1.83 bits per heavy atom. The van der Waals surface area contributed by atoms with Crippen molar-refractivity contribution < 1.29 is 28.6 Å². The van der Waals surface area contributed by atoms with Crippen molar-refractivity contribution in [1.29, 1.82) is 0 Å². The first-order valence-electron chi connectivity index (χ1n) is 8.92. The van der Waals surface area contributed by atoms with Crippen LogP contribution in [0.25, 0.3) is 6.08 Å². The molecule has 2 aromatic carbocycles. The third-order valence-electron chi connectivity index (χ3n) is 4.04. The van der Waals surface area contributed by atoms with E-state index >= 15 is 0 Å². The number of rotatable bonds is 7. The van der Waals surface area contributed by atoms with Gasteiger partial charge in [-0.25, -0.2) is 14.5 Å². The first-order chi connectivity index (χ1) is 14.0. The lowest BCUT2D eigenvalue weighted by atomic mass is 10.1. The van der Waals surface area contributed by atoms with Gasteiger partial charge >= 0.3 is 12.0 Å². The highest BCUT2D eigenvalue weighted by Gasteiger charge is 2.34. The summed E-state index contributed by atoms with van der Waals surface area (Å²) in [5, 5.41) is 2.58. The van der Waals surface area contributed by atoms with Crippen LogP contribution in [0.1, 0.15) is 12.5 Å². The van der Waals surface area contributed by atoms with Crippen LogP contribution in [0.5, 0.6) is 11.5 Å². The number of urea groups is 1. The average molecular weight is 396 g/mol. The standard InChI is InChI=1S/C21H20N2O6/c1-3-28-18-12-14(9-10-17(18)29-13-19(24)27-2)11-16-20(25)23(21(26)22-16)15-7-5-4-6-8-15/h4-12H,3,13H2,1-2H3,(H,22,26)/b16-11+. The number of hydrogen-bond donors (Lipinski definition) is 1. The molecule has 1 fully saturated rings. The largest absolute Gasteiger partial charge is 0.490 e. The van der Waals surface area contributed by atoms with Crippen molar-refractivity contribution in [2.75, 3.05) is 25.2 Å². The Labute approximate surface area is 167 Å². The number of para-hydroxylation sites is 1. The molecule has 0 atom stereocenters. The van der Waals surface area contributed by atoms with Crippen molar-refractivity contribution in [2.45, 2.75) is 6.92 Å². The SMILES string of the molecule is CCOc1cc(/C=C2/NC(=O)N(c3ccccc3)C2=O)ccc1OCC(=O)OC. The number of anilines is 1. The molecule has 1 heterocycles. The quantitative estimate of drug-likeness (QED) is 0.439. The number of nitrogens with one attached hydrogen (secondary N) is 1. The van der Waals surface area contributed by atoms with E-state index in [2.05, 4.69) is 10.1 Å². The smallest absolute Gasteiger partial charge is 0.343 e. The summed E-state index contributed by atoms with van der Waals surface area (Å²) < 4.78 is 15.5. The number of hydrogen-bond acceptors (Lipinski definition) is 6. The first-order valence-corrected chi connectivity index (χ1v) is 8.92. The molecule has 8 heteroatoms. The molecular weight excluding hydrogens is 376 g/mol. The highest BCUT2D eigenvalue weighted by atomic mass is 16.6. The lowest BCUT2D eigenvalue weighted by Gasteiger charge is -2.12. The Hall–Kier alpha value is -3.81. The van der Waals surface area contributed by atoms with Crippen LogP contribution in [-0.4, -0.2) is 38.2 Å². The van der Waals surface area contributed by atoms with Gasteiger partial charge in [-0.15, -0.1) is 0 Å². The van der Waals surface area contributed by atoms with Gasteiger partial charge in [0.1, 0.15) is 5.70 Å². The maximum absolute atomic E-state index is 12.7. The summed E-state index contributed by atoms with van der Waals surface area (Å²) in [7, 11) is 1.27. The first kappa shape index (κ1) is 19.9. The number of imide groups is 1. The van der Waals surface area contributed by atoms with Crippen molar-refractivity contribution in [3.8, 4) is 11.5 Å². The minimum absolute atomic E-state index is 0.143. The molecule has 0 bridgehead atoms. The average Bonchev–Trinajstić information content (AvgIpc) is 3.01. The highest BCUT2D eigenvalue weighted by molar-refractivity contribution is 6.28. The van der Waals surface area contributed by atoms with E-state index in [4.69, 9.17) is 9.47 Å². The van der Waals surface area contributed by atoms with E-state index in [1.54, 1.807) is 54.6 Å². The van der Waals surface area contributed by atoms with E-state index in [-0.39, 0.29) is 12.3 Å². The number of ether oxygens (including phenoxy) is 3. The summed E-state index contributed by atoms with van der Waals surface area (Å²) in [6.07, 6.45) is 1.55. The predicted octanol–water partition coefficient (Wildman–Crippen LogP) is 2.73. The van der Waals surface area contributed by atoms with Gasteiger partial charge in [-0.2, -0.15) is 0 Å². The normalized spacial score (nSPS) is 14.7. The number of carbonyl (C=O) groups is 3. The van der Waals surface area contributed by atoms with Gasteiger partial charge in [0.25, 0.3) is 5.91 Å². The van der Waals surface area contributed by atoms with E-state index in [1.807, 2.05) is 6.92 Å². The number of carbonyl (C=O) groups excluding carboxylic acids is 3. The van der Waals surface area contributed by atoms with Gasteiger partial charge in [0.05, 0.1) is 19.4 Å². The van der Waals surface area contributed by atoms with Gasteiger partial charge in [-0.05, 0) is 42.8 Å². The van der Waals surface area contributed by atoms with E-state index in [9.17, 15) is 14.4 Å². The molecule has 2 aromatic rings. The predicted molar refractivity (Wildman–Crippen MR) is 106 cm³/mol. The third kappa shape index (κ3) is 4.55. The lowest BCUT2D eigenvalue weighted by molar-refractivity contribution is -0.142. The molecule has 0 spiro atoms. The molecule has 150 valence electrons. The van der Waals surface area contributed by atoms with Crippen molar-refractivity contribution in [3.63, 3.8) is 0 Å². The Kier molecular flexibility index (Phi) is 6.13. The fourth-order valence-corrected chi connectivity index (χ4v) is 2.71. The van der Waals surface area contributed by atoms with Crippen molar-refractivity contribution >= 4 is 29.7 Å². The van der Waals surface area contributed by atoms with E-state index in [0.717, 1.165) is 4.90 Å². The van der Waals surface area contributed by atoms with Crippen LogP contribution in [0.4, 0.5) is 10.5 Å². The lowest BCUT2D eigenvalue weighted by Crippen LogP contribution is -2.30. The minimum Gasteiger partial charge on any atom is -0.490 e. The van der Waals surface area contributed by atoms with Crippen LogP contribution in [0.15, 0.2) is 54.2 Å². The van der Waals surface area contributed by atoms with Crippen molar-refractivity contribution in [3.05, 3.63) is 59.8 Å². The van der Waals surface area contributed by atoms with Gasteiger partial charge in [-0.3, -0.25) is 4.79 Å². The summed E-state index contributed by atoms with van der Waals surface area (Å²) in [6, 6.07) is 13.1. The highest BCUT2D eigenvalue weighted by Crippen LogP contribution is 2.30. The molecule has 1 N–H and O–H groups in total. The molecule has 0 aromatic heterocycles. The van der Waals surface area contributed by atoms with Crippen LogP contribution < -0.4 is 19.7 Å². The van der Waals surface area contributed by atoms with Crippen LogP contribution in [0.3, 0.4) is 0 Å². The molecule has 29 heavy (non-hydrogen) atoms. The summed E-state index contributed by atoms with van der Waals surface area (Å²) >= 11 is 0. The van der Waals surface area contributed by atoms with Crippen molar-refractivity contribution in [1.82, 2.24) is 5.32 Å². The summed E-state index contributed by atoms with van der Waals surface area (Å²) in [4.78, 5) is 37.3. The van der Waals surface area contributed by atoms with Crippen molar-refractivity contribution in [2.24, 2.45) is 0 Å². The van der Waals surface area contributed by atoms with Crippen LogP contribution >= 0.6 is 0 Å². The molecule has 8 nitrogen and oxygen atoms in total. The topological polar surface area (TPSA) is 94.2 Å². The van der Waals surface area contributed by atoms with Gasteiger partial charge in [0.15, 0.2) is 18.1 Å². The molecular formula is C21H20N2O6. The third-order valence-corrected chi connectivity index (χ3v) is 4.04. The van der Waals surface area contributed by atoms with E-state index in [0.29, 0.717) is 29.4 Å². The van der Waals surface area contributed by atoms with Gasteiger partial charge in [0, 0.05) is 0 Å². The molecule has 1 aliphatic heterocycles. The second-order valence-electron chi connectivity index (χ2n) is 5.97. The van der Waals surface area contributed by atoms with Crippen LogP contribution in [0.2, 0.25) is 0 Å². The fourth-order valence-electron chi connectivity index (χ4n) is 2.71. The maximum atomic E-state index is 12.7. The number of methoxy groups -OCH3 is 1. The van der Waals surface area contributed by atoms with Crippen LogP contribution in [0, 0.1) is 0 Å². The molecule has 1 aliphatic rings. The molecule has 0 radical (unpaired) electrons. The van der Waals surface area contributed by atoms with Crippen LogP contribution in [-0.2, 0) is 14.3 Å². The Balaban J connectivity index is 1.84. The molecule has 0 unspecified atom stereocenters. The zero-order valence-electron chi connectivity index (χ0n) is 16.0. The van der Waals surface area contributed by atoms with Gasteiger partial charge in [-0.1, -0.05) is 24.3 Å². The molecule has 0 saturated carbocycles. The van der Waals surface area contributed by atoms with Gasteiger partial charge in [0.2, 0.25) is 0 Å². The second kappa shape index (κ2) is 8.92. The zero-order valence-corrected chi connectivity index (χ0v) is 16.0. The Bertz CT molecular complexity index is 955. The second-order valence-corrected chi connectivity index (χ2v) is 5.97. The molecule has 0 aliphatic carbocycles. The Morgan fingerprint density at radius 1 is 1.07 bits per heavy atom. The number of nitrogens with zero attached hydrogens (tertiary/aromatic N) is 1. The molecule has 1 saturated heterocycles. The monoisotopic (exact) mass is 396 g/mol. The Morgan fingerprint density at radius 3 is 2.52 bits per heavy atom. The maximum Gasteiger partial charge on any atom is 0.343 e. The van der Waals surface area contributed by atoms with E-state index in [1.165, 1.54) is 7.11 Å². The summed E-state index contributed by atoms with van der Waals surface area (Å²) in [5.41, 5.74) is 1.25. The zero-order chi connectivity index (χ0) is 20.8. The van der Waals surface area contributed by atoms with E-state index < -0.39 is 17.9 Å². The number of amides is 3. The summed E-state index contributed by atoms with van der Waals surface area (Å²) in [5.74, 6) is -0.196. The summed E-state index contributed by atoms with van der Waals surface area (Å²) in [6.45, 7) is 1.94. The minimum atomic E-state index is -0.518. The number of esters is 1. The molecule has 3 amide bonds. The number of benzene rings is 2.